The topological polar surface area (TPSA) is 23.6 Å². The lowest BCUT2D eigenvalue weighted by Crippen LogP contribution is -2.54. The van der Waals surface area contributed by atoms with Crippen molar-refractivity contribution in [1.82, 2.24) is 9.80 Å². The van der Waals surface area contributed by atoms with Crippen molar-refractivity contribution in [3.05, 3.63) is 35.4 Å². The number of nitrogens with zero attached hydrogens (tertiary/aromatic N) is 2. The standard InChI is InChI=1S/C20H29FN2O/c1-16(2)18-8-6-17(7-9-18)14-22-11-5-10-20(21,15-22)19(24)23-12-3-4-13-23/h6-9,16H,3-5,10-15H2,1-2H3. The highest BCUT2D eigenvalue weighted by Crippen LogP contribution is 2.30. The van der Waals surface area contributed by atoms with E-state index < -0.39 is 5.67 Å². The largest absolute Gasteiger partial charge is 0.340 e. The summed E-state index contributed by atoms with van der Waals surface area (Å²) >= 11 is 0. The lowest BCUT2D eigenvalue weighted by atomic mass is 9.92. The second kappa shape index (κ2) is 7.22. The van der Waals surface area contributed by atoms with Gasteiger partial charge >= 0.3 is 0 Å². The van der Waals surface area contributed by atoms with Crippen LogP contribution in [0.3, 0.4) is 0 Å². The summed E-state index contributed by atoms with van der Waals surface area (Å²) in [4.78, 5) is 16.4. The summed E-state index contributed by atoms with van der Waals surface area (Å²) in [6, 6.07) is 8.57. The molecular weight excluding hydrogens is 303 g/mol. The van der Waals surface area contributed by atoms with Crippen LogP contribution in [0.4, 0.5) is 4.39 Å². The fraction of sp³-hybridized carbons (Fsp3) is 0.650. The molecule has 0 radical (unpaired) electrons. The van der Waals surface area contributed by atoms with Crippen molar-refractivity contribution in [2.75, 3.05) is 26.2 Å². The van der Waals surface area contributed by atoms with E-state index in [4.69, 9.17) is 0 Å². The smallest absolute Gasteiger partial charge is 0.261 e. The molecule has 1 atom stereocenters. The summed E-state index contributed by atoms with van der Waals surface area (Å²) in [6.45, 7) is 7.63. The second-order valence-electron chi connectivity index (χ2n) is 7.68. The number of rotatable bonds is 4. The molecule has 4 heteroatoms. The number of benzene rings is 1. The summed E-state index contributed by atoms with van der Waals surface area (Å²) in [7, 11) is 0. The molecule has 1 aromatic carbocycles. The molecule has 0 aromatic heterocycles. The lowest BCUT2D eigenvalue weighted by Gasteiger charge is -2.38. The first-order chi connectivity index (χ1) is 11.5. The number of halogens is 1. The third-order valence-corrected chi connectivity index (χ3v) is 5.35. The zero-order chi connectivity index (χ0) is 17.2. The Morgan fingerprint density at radius 3 is 2.42 bits per heavy atom. The van der Waals surface area contributed by atoms with Gasteiger partial charge in [-0.3, -0.25) is 9.69 Å². The first-order valence-electron chi connectivity index (χ1n) is 9.27. The maximum Gasteiger partial charge on any atom is 0.261 e. The number of likely N-dealkylation sites (tertiary alicyclic amines) is 2. The molecule has 3 rings (SSSR count). The fourth-order valence-electron chi connectivity index (χ4n) is 3.87. The van der Waals surface area contributed by atoms with E-state index in [1.54, 1.807) is 4.90 Å². The van der Waals surface area contributed by atoms with Gasteiger partial charge < -0.3 is 4.90 Å². The number of alkyl halides is 1. The number of amides is 1. The quantitative estimate of drug-likeness (QED) is 0.839. The van der Waals surface area contributed by atoms with E-state index in [-0.39, 0.29) is 12.5 Å². The Balaban J connectivity index is 1.63. The van der Waals surface area contributed by atoms with E-state index in [1.807, 2.05) is 0 Å². The minimum atomic E-state index is -1.69. The molecule has 24 heavy (non-hydrogen) atoms. The van der Waals surface area contributed by atoms with E-state index in [1.165, 1.54) is 11.1 Å². The van der Waals surface area contributed by atoms with Crippen LogP contribution < -0.4 is 0 Å². The predicted molar refractivity (Wildman–Crippen MR) is 94.7 cm³/mol. The van der Waals surface area contributed by atoms with E-state index in [9.17, 15) is 4.79 Å². The predicted octanol–water partition coefficient (Wildman–Crippen LogP) is 3.74. The van der Waals surface area contributed by atoms with Crippen LogP contribution in [0.25, 0.3) is 0 Å². The van der Waals surface area contributed by atoms with Gasteiger partial charge in [-0.25, -0.2) is 4.39 Å². The van der Waals surface area contributed by atoms with Gasteiger partial charge in [0.25, 0.3) is 5.91 Å². The van der Waals surface area contributed by atoms with E-state index in [2.05, 4.69) is 43.0 Å². The Kier molecular flexibility index (Phi) is 5.24. The first kappa shape index (κ1) is 17.4. The van der Waals surface area contributed by atoms with Crippen molar-refractivity contribution >= 4 is 5.91 Å². The second-order valence-corrected chi connectivity index (χ2v) is 7.68. The number of piperidine rings is 1. The van der Waals surface area contributed by atoms with Crippen molar-refractivity contribution in [2.45, 2.75) is 57.7 Å². The van der Waals surface area contributed by atoms with Crippen LogP contribution in [0.5, 0.6) is 0 Å². The van der Waals surface area contributed by atoms with Crippen LogP contribution in [0.15, 0.2) is 24.3 Å². The monoisotopic (exact) mass is 332 g/mol. The van der Waals surface area contributed by atoms with Gasteiger partial charge in [-0.15, -0.1) is 0 Å². The van der Waals surface area contributed by atoms with Crippen LogP contribution in [0.1, 0.15) is 56.6 Å². The average molecular weight is 332 g/mol. The molecule has 0 spiro atoms. The highest BCUT2D eigenvalue weighted by atomic mass is 19.1. The molecule has 1 aromatic rings. The van der Waals surface area contributed by atoms with Gasteiger partial charge in [0.1, 0.15) is 0 Å². The van der Waals surface area contributed by atoms with Gasteiger partial charge in [-0.1, -0.05) is 38.1 Å². The zero-order valence-corrected chi connectivity index (χ0v) is 14.9. The molecule has 2 aliphatic rings. The van der Waals surface area contributed by atoms with Crippen LogP contribution in [0.2, 0.25) is 0 Å². The summed E-state index contributed by atoms with van der Waals surface area (Å²) in [5.74, 6) is 0.241. The van der Waals surface area contributed by atoms with Crippen molar-refractivity contribution in [2.24, 2.45) is 0 Å². The highest BCUT2D eigenvalue weighted by Gasteiger charge is 2.45. The molecule has 2 heterocycles. The number of hydrogen-bond acceptors (Lipinski definition) is 2. The van der Waals surface area contributed by atoms with Crippen LogP contribution in [0, 0.1) is 0 Å². The molecule has 1 amide bonds. The average Bonchev–Trinajstić information content (AvgIpc) is 3.09. The maximum absolute atomic E-state index is 15.3. The van der Waals surface area contributed by atoms with Gasteiger partial charge in [0.15, 0.2) is 0 Å². The molecule has 0 aliphatic carbocycles. The normalized spacial score (nSPS) is 25.4. The Morgan fingerprint density at radius 2 is 1.79 bits per heavy atom. The number of carbonyl (C=O) groups excluding carboxylic acids is 1. The van der Waals surface area contributed by atoms with Crippen molar-refractivity contribution in [1.29, 1.82) is 0 Å². The molecule has 3 nitrogen and oxygen atoms in total. The van der Waals surface area contributed by atoms with Gasteiger partial charge in [0.2, 0.25) is 5.67 Å². The van der Waals surface area contributed by atoms with Crippen LogP contribution in [-0.2, 0) is 11.3 Å². The third kappa shape index (κ3) is 3.80. The van der Waals surface area contributed by atoms with Gasteiger partial charge in [-0.05, 0) is 49.3 Å². The fourth-order valence-corrected chi connectivity index (χ4v) is 3.87. The summed E-state index contributed by atoms with van der Waals surface area (Å²) in [6.07, 6.45) is 3.13. The minimum Gasteiger partial charge on any atom is -0.340 e. The SMILES string of the molecule is CC(C)c1ccc(CN2CCCC(F)(C(=O)N3CCCC3)C2)cc1. The Bertz CT molecular complexity index is 566. The van der Waals surface area contributed by atoms with E-state index in [0.29, 0.717) is 12.3 Å². The van der Waals surface area contributed by atoms with Gasteiger partial charge in [-0.2, -0.15) is 0 Å². The van der Waals surface area contributed by atoms with Crippen molar-refractivity contribution in [3.8, 4) is 0 Å². The van der Waals surface area contributed by atoms with E-state index in [0.717, 1.165) is 45.4 Å². The molecule has 2 fully saturated rings. The molecule has 2 saturated heterocycles. The van der Waals surface area contributed by atoms with Crippen LogP contribution in [-0.4, -0.2) is 47.6 Å². The molecule has 132 valence electrons. The molecular formula is C20H29FN2O. The van der Waals surface area contributed by atoms with Crippen molar-refractivity contribution < 1.29 is 9.18 Å². The lowest BCUT2D eigenvalue weighted by molar-refractivity contribution is -0.147. The number of carbonyl (C=O) groups is 1. The van der Waals surface area contributed by atoms with E-state index >= 15 is 4.39 Å². The summed E-state index contributed by atoms with van der Waals surface area (Å²) in [5.41, 5.74) is 0.819. The zero-order valence-electron chi connectivity index (χ0n) is 14.9. The first-order valence-corrected chi connectivity index (χ1v) is 9.27. The Hall–Kier alpha value is -1.42. The third-order valence-electron chi connectivity index (χ3n) is 5.35. The molecule has 0 N–H and O–H groups in total. The molecule has 2 aliphatic heterocycles. The summed E-state index contributed by atoms with van der Waals surface area (Å²) in [5, 5.41) is 0. The molecule has 0 bridgehead atoms. The number of hydrogen-bond donors (Lipinski definition) is 0. The van der Waals surface area contributed by atoms with Gasteiger partial charge in [0, 0.05) is 26.2 Å². The van der Waals surface area contributed by atoms with Gasteiger partial charge in [0.05, 0.1) is 0 Å². The molecule has 1 unspecified atom stereocenters. The summed E-state index contributed by atoms with van der Waals surface area (Å²) < 4.78 is 15.3. The minimum absolute atomic E-state index is 0.230. The highest BCUT2D eigenvalue weighted by molar-refractivity contribution is 5.85. The Labute approximate surface area is 144 Å². The Morgan fingerprint density at radius 1 is 1.12 bits per heavy atom. The van der Waals surface area contributed by atoms with Crippen molar-refractivity contribution in [3.63, 3.8) is 0 Å². The maximum atomic E-state index is 15.3. The van der Waals surface area contributed by atoms with Crippen LogP contribution >= 0.6 is 0 Å². The molecule has 0 saturated carbocycles.